The predicted octanol–water partition coefficient (Wildman–Crippen LogP) is 3.79. The van der Waals surface area contributed by atoms with Gasteiger partial charge in [-0.05, 0) is 33.5 Å². The van der Waals surface area contributed by atoms with Gasteiger partial charge in [0.15, 0.2) is 17.1 Å². The van der Waals surface area contributed by atoms with Crippen molar-refractivity contribution >= 4 is 11.4 Å². The van der Waals surface area contributed by atoms with Crippen LogP contribution in [-0.2, 0) is 5.41 Å². The molecule has 1 rings (SSSR count). The number of nitrogens with zero attached hydrogens (tertiary/aromatic N) is 2. The fourth-order valence-corrected chi connectivity index (χ4v) is 1.38. The number of rotatable bonds is 3. The normalized spacial score (nSPS) is 11.0. The number of ether oxygens (including phenoxy) is 1. The summed E-state index contributed by atoms with van der Waals surface area (Å²) in [5.74, 6) is 0.123. The van der Waals surface area contributed by atoms with Crippen LogP contribution in [0, 0.1) is 9.81 Å². The largest absolute Gasteiger partial charge is 0.492 e. The van der Waals surface area contributed by atoms with Crippen LogP contribution in [-0.4, -0.2) is 7.11 Å². The number of methoxy groups -OCH3 is 1. The van der Waals surface area contributed by atoms with Gasteiger partial charge in [-0.1, -0.05) is 20.8 Å². The van der Waals surface area contributed by atoms with Crippen LogP contribution in [0.2, 0.25) is 0 Å². The van der Waals surface area contributed by atoms with Gasteiger partial charge in [0, 0.05) is 0 Å². The number of benzene rings is 1. The van der Waals surface area contributed by atoms with Crippen molar-refractivity contribution in [3.63, 3.8) is 0 Å². The molecule has 0 aliphatic rings. The van der Waals surface area contributed by atoms with E-state index in [2.05, 4.69) is 10.4 Å². The molecular formula is C11H14N2O3. The van der Waals surface area contributed by atoms with Crippen LogP contribution >= 0.6 is 0 Å². The van der Waals surface area contributed by atoms with Gasteiger partial charge < -0.3 is 4.74 Å². The van der Waals surface area contributed by atoms with Crippen molar-refractivity contribution < 1.29 is 4.74 Å². The van der Waals surface area contributed by atoms with Crippen LogP contribution in [0.1, 0.15) is 26.3 Å². The van der Waals surface area contributed by atoms with E-state index in [1.807, 2.05) is 20.8 Å². The Balaban J connectivity index is 3.49. The van der Waals surface area contributed by atoms with E-state index in [1.54, 1.807) is 12.1 Å². The third-order valence-electron chi connectivity index (χ3n) is 2.32. The van der Waals surface area contributed by atoms with Gasteiger partial charge in [-0.2, -0.15) is 0 Å². The minimum atomic E-state index is -0.189. The lowest BCUT2D eigenvalue weighted by atomic mass is 9.86. The summed E-state index contributed by atoms with van der Waals surface area (Å²) in [6, 6.07) is 3.22. The second-order valence-electron chi connectivity index (χ2n) is 4.48. The maximum Gasteiger partial charge on any atom is 0.177 e. The van der Waals surface area contributed by atoms with Crippen molar-refractivity contribution in [2.24, 2.45) is 10.4 Å². The van der Waals surface area contributed by atoms with Crippen LogP contribution in [0.4, 0.5) is 11.4 Å². The molecule has 0 saturated carbocycles. The van der Waals surface area contributed by atoms with Gasteiger partial charge in [0.05, 0.1) is 7.11 Å². The van der Waals surface area contributed by atoms with Gasteiger partial charge in [0.2, 0.25) is 0 Å². The van der Waals surface area contributed by atoms with Crippen molar-refractivity contribution in [1.29, 1.82) is 0 Å². The van der Waals surface area contributed by atoms with Crippen LogP contribution in [0.25, 0.3) is 0 Å². The van der Waals surface area contributed by atoms with Crippen molar-refractivity contribution in [3.8, 4) is 5.75 Å². The predicted molar refractivity (Wildman–Crippen MR) is 62.6 cm³/mol. The van der Waals surface area contributed by atoms with E-state index >= 15 is 0 Å². The fourth-order valence-electron chi connectivity index (χ4n) is 1.38. The summed E-state index contributed by atoms with van der Waals surface area (Å²) in [5.41, 5.74) is 0.831. The van der Waals surface area contributed by atoms with Crippen LogP contribution < -0.4 is 4.74 Å². The molecule has 0 aromatic heterocycles. The smallest absolute Gasteiger partial charge is 0.177 e. The van der Waals surface area contributed by atoms with Crippen molar-refractivity contribution in [2.75, 3.05) is 7.11 Å². The molecule has 0 unspecified atom stereocenters. The fraction of sp³-hybridized carbons (Fsp3) is 0.455. The SMILES string of the molecule is COc1c(N=O)cc(C(C)(C)C)cc1N=O. The molecule has 0 amide bonds. The first kappa shape index (κ1) is 12.3. The zero-order chi connectivity index (χ0) is 12.3. The Labute approximate surface area is 93.8 Å². The van der Waals surface area contributed by atoms with E-state index < -0.39 is 0 Å². The second-order valence-corrected chi connectivity index (χ2v) is 4.48. The minimum Gasteiger partial charge on any atom is -0.492 e. The topological polar surface area (TPSA) is 68.1 Å². The van der Waals surface area contributed by atoms with E-state index in [0.717, 1.165) is 5.56 Å². The molecule has 0 atom stereocenters. The van der Waals surface area contributed by atoms with Crippen LogP contribution in [0.15, 0.2) is 22.5 Å². The van der Waals surface area contributed by atoms with Gasteiger partial charge in [-0.15, -0.1) is 9.81 Å². The van der Waals surface area contributed by atoms with E-state index in [1.165, 1.54) is 7.11 Å². The molecule has 0 fully saturated rings. The van der Waals surface area contributed by atoms with E-state index in [0.29, 0.717) is 0 Å². The molecular weight excluding hydrogens is 208 g/mol. The lowest BCUT2D eigenvalue weighted by Crippen LogP contribution is -2.10. The van der Waals surface area contributed by atoms with Crippen LogP contribution in [0.3, 0.4) is 0 Å². The van der Waals surface area contributed by atoms with Gasteiger partial charge >= 0.3 is 0 Å². The quantitative estimate of drug-likeness (QED) is 0.730. The van der Waals surface area contributed by atoms with Crippen molar-refractivity contribution in [2.45, 2.75) is 26.2 Å². The van der Waals surface area contributed by atoms with E-state index in [9.17, 15) is 9.81 Å². The summed E-state index contributed by atoms with van der Waals surface area (Å²) in [6.45, 7) is 5.91. The first-order valence-electron chi connectivity index (χ1n) is 4.83. The summed E-state index contributed by atoms with van der Waals surface area (Å²) in [4.78, 5) is 21.3. The number of hydrogen-bond donors (Lipinski definition) is 0. The highest BCUT2D eigenvalue weighted by Crippen LogP contribution is 2.41. The highest BCUT2D eigenvalue weighted by atomic mass is 16.5. The Morgan fingerprint density at radius 2 is 1.50 bits per heavy atom. The Kier molecular flexibility index (Phi) is 3.37. The summed E-state index contributed by atoms with van der Waals surface area (Å²) in [6.07, 6.45) is 0. The Bertz CT molecular complexity index is 393. The molecule has 0 aliphatic heterocycles. The molecule has 1 aromatic rings. The highest BCUT2D eigenvalue weighted by molar-refractivity contribution is 5.68. The van der Waals surface area contributed by atoms with Crippen molar-refractivity contribution in [1.82, 2.24) is 0 Å². The summed E-state index contributed by atoms with van der Waals surface area (Å²) in [5, 5.41) is 5.70. The van der Waals surface area contributed by atoms with Gasteiger partial charge in [-0.3, -0.25) is 0 Å². The lowest BCUT2D eigenvalue weighted by Gasteiger charge is -2.20. The Morgan fingerprint density at radius 1 is 1.06 bits per heavy atom. The van der Waals surface area contributed by atoms with Crippen LogP contribution in [0.5, 0.6) is 5.75 Å². The molecule has 0 bridgehead atoms. The molecule has 0 aliphatic carbocycles. The molecule has 0 heterocycles. The standard InChI is InChI=1S/C11H14N2O3/c1-11(2,3)7-5-8(12-14)10(16-4)9(6-7)13-15/h5-6H,1-4H3. The summed E-state index contributed by atoms with van der Waals surface area (Å²) in [7, 11) is 1.37. The zero-order valence-electron chi connectivity index (χ0n) is 9.77. The first-order valence-corrected chi connectivity index (χ1v) is 4.83. The second kappa shape index (κ2) is 4.38. The van der Waals surface area contributed by atoms with E-state index in [4.69, 9.17) is 4.74 Å². The molecule has 0 saturated heterocycles. The minimum absolute atomic E-state index is 0.101. The molecule has 16 heavy (non-hydrogen) atoms. The molecule has 86 valence electrons. The first-order chi connectivity index (χ1) is 7.43. The molecule has 5 heteroatoms. The number of nitroso groups, excluding NO2 is 2. The molecule has 0 spiro atoms. The Morgan fingerprint density at radius 3 is 1.75 bits per heavy atom. The van der Waals surface area contributed by atoms with Gasteiger partial charge in [0.1, 0.15) is 0 Å². The third kappa shape index (κ3) is 2.24. The maximum absolute atomic E-state index is 10.7. The third-order valence-corrected chi connectivity index (χ3v) is 2.32. The van der Waals surface area contributed by atoms with Gasteiger partial charge in [0.25, 0.3) is 0 Å². The molecule has 1 aromatic carbocycles. The zero-order valence-corrected chi connectivity index (χ0v) is 9.77. The lowest BCUT2D eigenvalue weighted by molar-refractivity contribution is 0.417. The average Bonchev–Trinajstić information content (AvgIpc) is 2.25. The van der Waals surface area contributed by atoms with Gasteiger partial charge in [-0.25, -0.2) is 0 Å². The Hall–Kier alpha value is -1.78. The molecule has 0 radical (unpaired) electrons. The number of hydrogen-bond acceptors (Lipinski definition) is 5. The monoisotopic (exact) mass is 222 g/mol. The van der Waals surface area contributed by atoms with Crippen molar-refractivity contribution in [3.05, 3.63) is 27.5 Å². The molecule has 5 nitrogen and oxygen atoms in total. The maximum atomic E-state index is 10.7. The average molecular weight is 222 g/mol. The summed E-state index contributed by atoms with van der Waals surface area (Å²) < 4.78 is 4.94. The summed E-state index contributed by atoms with van der Waals surface area (Å²) >= 11 is 0. The van der Waals surface area contributed by atoms with E-state index in [-0.39, 0.29) is 22.5 Å². The highest BCUT2D eigenvalue weighted by Gasteiger charge is 2.20. The molecule has 0 N–H and O–H groups in total.